The number of amides is 1. The number of rotatable bonds is 8. The van der Waals surface area contributed by atoms with Crippen molar-refractivity contribution in [2.75, 3.05) is 23.1 Å². The fourth-order valence-electron chi connectivity index (χ4n) is 2.91. The van der Waals surface area contributed by atoms with Crippen LogP contribution in [0.15, 0.2) is 82.6 Å². The number of anilines is 3. The number of benzene rings is 3. The van der Waals surface area contributed by atoms with Gasteiger partial charge in [0.25, 0.3) is 0 Å². The van der Waals surface area contributed by atoms with Crippen LogP contribution in [0.3, 0.4) is 0 Å². The second-order valence-corrected chi connectivity index (χ2v) is 10.5. The Morgan fingerprint density at radius 3 is 2.35 bits per heavy atom. The molecule has 0 spiro atoms. The fourth-order valence-corrected chi connectivity index (χ4v) is 4.58. The van der Waals surface area contributed by atoms with Crippen LogP contribution < -0.4 is 25.8 Å². The molecule has 34 heavy (non-hydrogen) atoms. The van der Waals surface area contributed by atoms with E-state index in [9.17, 15) is 13.2 Å². The first kappa shape index (κ1) is 25.5. The molecule has 0 heterocycles. The Hall–Kier alpha value is -3.12. The van der Waals surface area contributed by atoms with Gasteiger partial charge in [-0.05, 0) is 73.7 Å². The zero-order chi connectivity index (χ0) is 24.7. The van der Waals surface area contributed by atoms with Crippen molar-refractivity contribution in [3.8, 4) is 5.75 Å². The molecule has 0 aliphatic heterocycles. The van der Waals surface area contributed by atoms with Gasteiger partial charge in [0.1, 0.15) is 5.75 Å². The number of carbonyl (C=O) groups is 1. The second kappa shape index (κ2) is 11.3. The molecule has 0 saturated heterocycles. The SMILES string of the molecule is COc1ccccc1NC(=S)Nc1cccc(SC(C)C(=O)Nc2ccc(S(N)(=O)=O)cc2)c1. The number of para-hydroxylation sites is 2. The van der Waals surface area contributed by atoms with E-state index in [2.05, 4.69) is 16.0 Å². The van der Waals surface area contributed by atoms with Gasteiger partial charge in [-0.1, -0.05) is 18.2 Å². The summed E-state index contributed by atoms with van der Waals surface area (Å²) in [6.45, 7) is 1.78. The topological polar surface area (TPSA) is 123 Å². The molecule has 0 fully saturated rings. The average Bonchev–Trinajstić information content (AvgIpc) is 2.79. The molecule has 1 amide bonds. The number of primary sulfonamides is 1. The van der Waals surface area contributed by atoms with Crippen LogP contribution in [0.2, 0.25) is 0 Å². The first-order valence-corrected chi connectivity index (χ1v) is 12.9. The number of methoxy groups -OCH3 is 1. The number of nitrogens with two attached hydrogens (primary N) is 1. The molecule has 0 radical (unpaired) electrons. The minimum atomic E-state index is -3.78. The van der Waals surface area contributed by atoms with Gasteiger partial charge in [-0.15, -0.1) is 11.8 Å². The standard InChI is InChI=1S/C23H24N4O4S3/c1-15(22(28)25-16-10-12-19(13-11-16)34(24,29)30)33-18-7-5-6-17(14-18)26-23(32)27-20-8-3-4-9-21(20)31-2/h3-15H,1-2H3,(H,25,28)(H2,24,29,30)(H2,26,27,32). The molecule has 0 bridgehead atoms. The van der Waals surface area contributed by atoms with Crippen LogP contribution >= 0.6 is 24.0 Å². The summed E-state index contributed by atoms with van der Waals surface area (Å²) >= 11 is 6.79. The Balaban J connectivity index is 1.58. The maximum atomic E-state index is 12.6. The van der Waals surface area contributed by atoms with Gasteiger partial charge >= 0.3 is 0 Å². The van der Waals surface area contributed by atoms with Crippen LogP contribution in [0.5, 0.6) is 5.75 Å². The number of carbonyl (C=O) groups excluding carboxylic acids is 1. The molecule has 1 atom stereocenters. The number of thiocarbonyl (C=S) groups is 1. The molecule has 8 nitrogen and oxygen atoms in total. The lowest BCUT2D eigenvalue weighted by Crippen LogP contribution is -2.22. The van der Waals surface area contributed by atoms with Gasteiger partial charge in [0.05, 0.1) is 22.9 Å². The molecule has 11 heteroatoms. The van der Waals surface area contributed by atoms with Crippen molar-refractivity contribution < 1.29 is 17.9 Å². The highest BCUT2D eigenvalue weighted by atomic mass is 32.2. The molecule has 0 aromatic heterocycles. The number of nitrogens with one attached hydrogen (secondary N) is 3. The van der Waals surface area contributed by atoms with Crippen LogP contribution in [0.4, 0.5) is 17.1 Å². The highest BCUT2D eigenvalue weighted by Gasteiger charge is 2.16. The van der Waals surface area contributed by atoms with Crippen LogP contribution in [0.1, 0.15) is 6.92 Å². The van der Waals surface area contributed by atoms with Gasteiger partial charge in [-0.25, -0.2) is 13.6 Å². The van der Waals surface area contributed by atoms with Crippen molar-refractivity contribution in [2.45, 2.75) is 22.0 Å². The van der Waals surface area contributed by atoms with E-state index in [1.807, 2.05) is 48.5 Å². The van der Waals surface area contributed by atoms with Crippen LogP contribution in [-0.2, 0) is 14.8 Å². The molecule has 178 valence electrons. The van der Waals surface area contributed by atoms with Crippen LogP contribution in [0, 0.1) is 0 Å². The summed E-state index contributed by atoms with van der Waals surface area (Å²) in [4.78, 5) is 13.4. The van der Waals surface area contributed by atoms with Crippen molar-refractivity contribution in [3.63, 3.8) is 0 Å². The third-order valence-corrected chi connectivity index (χ3v) is 6.81. The molecule has 0 saturated carbocycles. The lowest BCUT2D eigenvalue weighted by molar-refractivity contribution is -0.115. The Bertz CT molecular complexity index is 1280. The molecule has 3 aromatic rings. The fraction of sp³-hybridized carbons (Fsp3) is 0.130. The number of thioether (sulfide) groups is 1. The summed E-state index contributed by atoms with van der Waals surface area (Å²) in [5, 5.41) is 14.1. The van der Waals surface area contributed by atoms with Gasteiger partial charge < -0.3 is 20.7 Å². The Morgan fingerprint density at radius 1 is 0.971 bits per heavy atom. The zero-order valence-electron chi connectivity index (χ0n) is 18.4. The smallest absolute Gasteiger partial charge is 0.238 e. The normalized spacial score (nSPS) is 11.9. The summed E-state index contributed by atoms with van der Waals surface area (Å²) in [5.74, 6) is 0.454. The Labute approximate surface area is 208 Å². The van der Waals surface area contributed by atoms with E-state index in [0.29, 0.717) is 16.5 Å². The summed E-state index contributed by atoms with van der Waals surface area (Å²) in [5.41, 5.74) is 1.99. The van der Waals surface area contributed by atoms with E-state index in [4.69, 9.17) is 22.1 Å². The second-order valence-electron chi connectivity index (χ2n) is 7.13. The van der Waals surface area contributed by atoms with Crippen molar-refractivity contribution >= 4 is 62.1 Å². The lowest BCUT2D eigenvalue weighted by Gasteiger charge is -2.15. The minimum Gasteiger partial charge on any atom is -0.495 e. The number of sulfonamides is 1. The van der Waals surface area contributed by atoms with E-state index in [0.717, 1.165) is 16.3 Å². The van der Waals surface area contributed by atoms with Crippen LogP contribution in [0.25, 0.3) is 0 Å². The summed E-state index contributed by atoms with van der Waals surface area (Å²) < 4.78 is 28.0. The quantitative estimate of drug-likeness (QED) is 0.259. The zero-order valence-corrected chi connectivity index (χ0v) is 20.9. The van der Waals surface area contributed by atoms with Crippen LogP contribution in [-0.4, -0.2) is 31.8 Å². The van der Waals surface area contributed by atoms with Crippen molar-refractivity contribution in [1.29, 1.82) is 0 Å². The largest absolute Gasteiger partial charge is 0.495 e. The molecule has 0 aliphatic rings. The van der Waals surface area contributed by atoms with Gasteiger partial charge in [0.2, 0.25) is 15.9 Å². The number of ether oxygens (including phenoxy) is 1. The summed E-state index contributed by atoms with van der Waals surface area (Å²) in [6, 6.07) is 20.7. The molecule has 3 aromatic carbocycles. The average molecular weight is 517 g/mol. The molecule has 3 rings (SSSR count). The predicted molar refractivity (Wildman–Crippen MR) is 141 cm³/mol. The minimum absolute atomic E-state index is 0.0182. The molecule has 0 aliphatic carbocycles. The number of hydrogen-bond donors (Lipinski definition) is 4. The third kappa shape index (κ3) is 7.19. The van der Waals surface area contributed by atoms with E-state index >= 15 is 0 Å². The lowest BCUT2D eigenvalue weighted by atomic mass is 10.3. The third-order valence-electron chi connectivity index (χ3n) is 4.58. The summed E-state index contributed by atoms with van der Waals surface area (Å²) in [7, 11) is -2.19. The maximum Gasteiger partial charge on any atom is 0.238 e. The molecule has 5 N–H and O–H groups in total. The van der Waals surface area contributed by atoms with Gasteiger partial charge in [0, 0.05) is 16.3 Å². The van der Waals surface area contributed by atoms with Crippen molar-refractivity contribution in [3.05, 3.63) is 72.8 Å². The van der Waals surface area contributed by atoms with E-state index in [-0.39, 0.29) is 10.8 Å². The van der Waals surface area contributed by atoms with Gasteiger partial charge in [-0.2, -0.15) is 0 Å². The first-order valence-electron chi connectivity index (χ1n) is 10.1. The van der Waals surface area contributed by atoms with E-state index < -0.39 is 15.3 Å². The van der Waals surface area contributed by atoms with Crippen molar-refractivity contribution in [2.24, 2.45) is 5.14 Å². The molecular weight excluding hydrogens is 492 g/mol. The first-order chi connectivity index (χ1) is 16.2. The van der Waals surface area contributed by atoms with E-state index in [1.165, 1.54) is 36.0 Å². The number of hydrogen-bond acceptors (Lipinski definition) is 6. The maximum absolute atomic E-state index is 12.6. The summed E-state index contributed by atoms with van der Waals surface area (Å²) in [6.07, 6.45) is 0. The predicted octanol–water partition coefficient (Wildman–Crippen LogP) is 4.27. The van der Waals surface area contributed by atoms with Gasteiger partial charge in [-0.3, -0.25) is 4.79 Å². The molecular formula is C23H24N4O4S3. The van der Waals surface area contributed by atoms with Crippen molar-refractivity contribution in [1.82, 2.24) is 0 Å². The Kier molecular flexibility index (Phi) is 8.51. The Morgan fingerprint density at radius 2 is 1.68 bits per heavy atom. The monoisotopic (exact) mass is 516 g/mol. The van der Waals surface area contributed by atoms with E-state index in [1.54, 1.807) is 14.0 Å². The highest BCUT2D eigenvalue weighted by Crippen LogP contribution is 2.27. The molecule has 1 unspecified atom stereocenters. The van der Waals surface area contributed by atoms with Gasteiger partial charge in [0.15, 0.2) is 5.11 Å². The highest BCUT2D eigenvalue weighted by molar-refractivity contribution is 8.00.